The summed E-state index contributed by atoms with van der Waals surface area (Å²) in [7, 11) is 0. The molecule has 1 amide bonds. The minimum Gasteiger partial charge on any atom is -0.370 e. The third-order valence-corrected chi connectivity index (χ3v) is 6.40. The summed E-state index contributed by atoms with van der Waals surface area (Å²) in [5, 5.41) is 6.32. The van der Waals surface area contributed by atoms with E-state index in [1.54, 1.807) is 25.1 Å². The number of anilines is 2. The quantitative estimate of drug-likeness (QED) is 0.345. The number of nitrogens with zero attached hydrogens (tertiary/aromatic N) is 1. The lowest BCUT2D eigenvalue weighted by Crippen LogP contribution is -2.22. The maximum absolute atomic E-state index is 13.8. The highest BCUT2D eigenvalue weighted by Gasteiger charge is 2.29. The number of fused-ring (bicyclic) bond motifs is 2. The second kappa shape index (κ2) is 8.80. The van der Waals surface area contributed by atoms with Crippen molar-refractivity contribution in [2.24, 2.45) is 0 Å². The second-order valence-corrected chi connectivity index (χ2v) is 8.63. The predicted molar refractivity (Wildman–Crippen MR) is 131 cm³/mol. The third-order valence-electron chi connectivity index (χ3n) is 6.09. The molecule has 7 heteroatoms. The van der Waals surface area contributed by atoms with Gasteiger partial charge in [0.05, 0.1) is 5.02 Å². The van der Waals surface area contributed by atoms with Crippen molar-refractivity contribution in [3.8, 4) is 0 Å². The van der Waals surface area contributed by atoms with Crippen LogP contribution in [0.25, 0.3) is 0 Å². The molecule has 0 fully saturated rings. The number of Topliss-reactive ketones (excluding diaryl/α,β-unsaturated/α-hetero) is 1. The molecule has 0 saturated heterocycles. The monoisotopic (exact) mass is 473 g/mol. The number of ketones is 1. The van der Waals surface area contributed by atoms with Crippen LogP contribution >= 0.6 is 11.6 Å². The highest BCUT2D eigenvalue weighted by molar-refractivity contribution is 6.34. The minimum atomic E-state index is -0.619. The summed E-state index contributed by atoms with van der Waals surface area (Å²) in [6.07, 6.45) is 1.95. The van der Waals surface area contributed by atoms with Crippen LogP contribution in [0.15, 0.2) is 79.0 Å². The molecule has 170 valence electrons. The van der Waals surface area contributed by atoms with E-state index in [1.807, 2.05) is 47.2 Å². The van der Waals surface area contributed by atoms with Gasteiger partial charge in [-0.05, 0) is 66.6 Å². The molecule has 0 spiro atoms. The lowest BCUT2D eigenvalue weighted by molar-refractivity contribution is 0.0966. The van der Waals surface area contributed by atoms with Crippen LogP contribution in [0, 0.1) is 12.7 Å². The Morgan fingerprint density at radius 1 is 1.03 bits per heavy atom. The number of hydrogen-bond donors (Lipinski definition) is 2. The number of carbonyl (C=O) groups excluding carboxylic acids is 2. The number of hydrogen-bond acceptors (Lipinski definition) is 3. The average Bonchev–Trinajstić information content (AvgIpc) is 3.21. The van der Waals surface area contributed by atoms with Gasteiger partial charge in [0.25, 0.3) is 5.91 Å². The fourth-order valence-electron chi connectivity index (χ4n) is 4.25. The van der Waals surface area contributed by atoms with Gasteiger partial charge in [-0.2, -0.15) is 0 Å². The molecule has 0 radical (unpaired) electrons. The number of aromatic nitrogens is 1. The average molecular weight is 474 g/mol. The van der Waals surface area contributed by atoms with Crippen molar-refractivity contribution in [2.45, 2.75) is 19.5 Å². The highest BCUT2D eigenvalue weighted by Crippen LogP contribution is 2.33. The summed E-state index contributed by atoms with van der Waals surface area (Å²) in [6, 6.07) is 20.2. The molecular formula is C27H21ClFN3O2. The predicted octanol–water partition coefficient (Wildman–Crippen LogP) is 6.24. The Labute approximate surface area is 201 Å². The molecule has 34 heavy (non-hydrogen) atoms. The van der Waals surface area contributed by atoms with E-state index in [1.165, 1.54) is 18.2 Å². The molecule has 5 rings (SSSR count). The number of para-hydroxylation sites is 1. The standard InChI is InChI=1S/C27H21ClFN3O2/c1-16-19(7-4-8-22(16)29)27(34)30-18-11-12-20(21(28)14-18)26(33)25-24-10-5-13-32(24)15-17-6-2-3-9-23(17)31-25/h2-14,25,31H,15H2,1H3,(H,30,34). The molecule has 1 aliphatic rings. The summed E-state index contributed by atoms with van der Waals surface area (Å²) in [5.41, 5.74) is 4.08. The molecular weight excluding hydrogens is 453 g/mol. The van der Waals surface area contributed by atoms with Crippen molar-refractivity contribution in [1.82, 2.24) is 4.57 Å². The molecule has 2 N–H and O–H groups in total. The normalized spacial score (nSPS) is 14.4. The lowest BCUT2D eigenvalue weighted by Gasteiger charge is -2.19. The Kier molecular flexibility index (Phi) is 5.67. The van der Waals surface area contributed by atoms with E-state index in [2.05, 4.69) is 10.6 Å². The summed E-state index contributed by atoms with van der Waals surface area (Å²) in [6.45, 7) is 2.21. The molecule has 4 aromatic rings. The number of benzene rings is 3. The van der Waals surface area contributed by atoms with Gasteiger partial charge in [-0.15, -0.1) is 0 Å². The largest absolute Gasteiger partial charge is 0.370 e. The van der Waals surface area contributed by atoms with Gasteiger partial charge in [-0.3, -0.25) is 9.59 Å². The fraction of sp³-hybridized carbons (Fsp3) is 0.111. The molecule has 0 saturated carbocycles. The zero-order chi connectivity index (χ0) is 23.8. The number of halogens is 2. The zero-order valence-electron chi connectivity index (χ0n) is 18.3. The van der Waals surface area contributed by atoms with Gasteiger partial charge < -0.3 is 15.2 Å². The zero-order valence-corrected chi connectivity index (χ0v) is 19.1. The van der Waals surface area contributed by atoms with Crippen molar-refractivity contribution in [1.29, 1.82) is 0 Å². The van der Waals surface area contributed by atoms with Crippen LogP contribution in [0.1, 0.15) is 43.6 Å². The maximum atomic E-state index is 13.8. The van der Waals surface area contributed by atoms with Gasteiger partial charge in [0.15, 0.2) is 5.78 Å². The van der Waals surface area contributed by atoms with Crippen LogP contribution < -0.4 is 10.6 Å². The van der Waals surface area contributed by atoms with Crippen LogP contribution in [0.4, 0.5) is 15.8 Å². The molecule has 5 nitrogen and oxygen atoms in total. The van der Waals surface area contributed by atoms with E-state index in [0.717, 1.165) is 16.9 Å². The first kappa shape index (κ1) is 21.9. The van der Waals surface area contributed by atoms with Gasteiger partial charge >= 0.3 is 0 Å². The molecule has 1 unspecified atom stereocenters. The van der Waals surface area contributed by atoms with Crippen molar-refractivity contribution < 1.29 is 14.0 Å². The second-order valence-electron chi connectivity index (χ2n) is 8.22. The fourth-order valence-corrected chi connectivity index (χ4v) is 4.52. The van der Waals surface area contributed by atoms with E-state index in [0.29, 0.717) is 17.8 Å². The topological polar surface area (TPSA) is 63.1 Å². The molecule has 1 aromatic heterocycles. The maximum Gasteiger partial charge on any atom is 0.256 e. The Hall–Kier alpha value is -3.90. The van der Waals surface area contributed by atoms with Crippen LogP contribution in [-0.4, -0.2) is 16.3 Å². The van der Waals surface area contributed by atoms with Gasteiger partial charge in [0.2, 0.25) is 0 Å². The van der Waals surface area contributed by atoms with Gasteiger partial charge in [0, 0.05) is 40.9 Å². The summed E-state index contributed by atoms with van der Waals surface area (Å²) in [5.74, 6) is -1.08. The van der Waals surface area contributed by atoms with Crippen LogP contribution in [0.2, 0.25) is 5.02 Å². The molecule has 3 aromatic carbocycles. The van der Waals surface area contributed by atoms with Crippen LogP contribution in [0.3, 0.4) is 0 Å². The third kappa shape index (κ3) is 3.97. The first-order valence-electron chi connectivity index (χ1n) is 10.8. The summed E-state index contributed by atoms with van der Waals surface area (Å²) in [4.78, 5) is 26.2. The first-order chi connectivity index (χ1) is 16.4. The lowest BCUT2D eigenvalue weighted by atomic mass is 10.0. The summed E-state index contributed by atoms with van der Waals surface area (Å²) < 4.78 is 15.9. The Bertz CT molecular complexity index is 1430. The summed E-state index contributed by atoms with van der Waals surface area (Å²) >= 11 is 6.50. The van der Waals surface area contributed by atoms with E-state index in [9.17, 15) is 14.0 Å². The number of amides is 1. The minimum absolute atomic E-state index is 0.180. The first-order valence-corrected chi connectivity index (χ1v) is 11.2. The van der Waals surface area contributed by atoms with Crippen molar-refractivity contribution in [2.75, 3.05) is 10.6 Å². The Morgan fingerprint density at radius 3 is 2.68 bits per heavy atom. The van der Waals surface area contributed by atoms with Gasteiger partial charge in [-0.25, -0.2) is 4.39 Å². The molecule has 2 heterocycles. The Morgan fingerprint density at radius 2 is 1.85 bits per heavy atom. The molecule has 0 bridgehead atoms. The smallest absolute Gasteiger partial charge is 0.256 e. The van der Waals surface area contributed by atoms with Crippen molar-refractivity contribution in [3.05, 3.63) is 118 Å². The van der Waals surface area contributed by atoms with Crippen LogP contribution in [-0.2, 0) is 6.54 Å². The molecule has 0 aliphatic carbocycles. The highest BCUT2D eigenvalue weighted by atomic mass is 35.5. The van der Waals surface area contributed by atoms with Crippen molar-refractivity contribution >= 4 is 34.7 Å². The van der Waals surface area contributed by atoms with Crippen molar-refractivity contribution in [3.63, 3.8) is 0 Å². The van der Waals surface area contributed by atoms with E-state index in [-0.39, 0.29) is 21.9 Å². The van der Waals surface area contributed by atoms with Gasteiger partial charge in [0.1, 0.15) is 11.9 Å². The number of nitrogens with one attached hydrogen (secondary N) is 2. The Balaban J connectivity index is 1.42. The number of carbonyl (C=O) groups is 2. The van der Waals surface area contributed by atoms with E-state index >= 15 is 0 Å². The SMILES string of the molecule is Cc1c(F)cccc1C(=O)Nc1ccc(C(=O)C2Nc3ccccc3Cn3cccc32)c(Cl)c1. The van der Waals surface area contributed by atoms with E-state index in [4.69, 9.17) is 11.6 Å². The molecule has 1 atom stereocenters. The molecule has 1 aliphatic heterocycles. The van der Waals surface area contributed by atoms with Crippen LogP contribution in [0.5, 0.6) is 0 Å². The van der Waals surface area contributed by atoms with Gasteiger partial charge in [-0.1, -0.05) is 35.9 Å². The van der Waals surface area contributed by atoms with E-state index < -0.39 is 17.8 Å². The number of rotatable bonds is 4.